The first-order chi connectivity index (χ1) is 8.65. The zero-order valence-corrected chi connectivity index (χ0v) is 10.7. The van der Waals surface area contributed by atoms with Crippen LogP contribution in [0.25, 0.3) is 0 Å². The van der Waals surface area contributed by atoms with Gasteiger partial charge >= 0.3 is 5.97 Å². The van der Waals surface area contributed by atoms with Crippen LogP contribution in [0, 0.1) is 6.92 Å². The summed E-state index contributed by atoms with van der Waals surface area (Å²) < 4.78 is 0. The maximum absolute atomic E-state index is 10.6. The van der Waals surface area contributed by atoms with Gasteiger partial charge in [0.2, 0.25) is 0 Å². The van der Waals surface area contributed by atoms with E-state index >= 15 is 0 Å². The van der Waals surface area contributed by atoms with Crippen LogP contribution in [0.1, 0.15) is 21.1 Å². The Hall–Kier alpha value is -1.95. The van der Waals surface area contributed by atoms with Crippen LogP contribution in [0.15, 0.2) is 23.7 Å². The number of carboxylic acid groups (broad SMARTS) is 1. The number of thiazole rings is 1. The zero-order chi connectivity index (χ0) is 13.0. The van der Waals surface area contributed by atoms with Crippen molar-refractivity contribution >= 4 is 23.1 Å². The van der Waals surface area contributed by atoms with Crippen molar-refractivity contribution in [3.63, 3.8) is 0 Å². The number of hydrogen-bond donors (Lipinski definition) is 2. The van der Waals surface area contributed by atoms with Gasteiger partial charge in [0.15, 0.2) is 0 Å². The average Bonchev–Trinajstić information content (AvgIpc) is 2.76. The Bertz CT molecular complexity index is 537. The van der Waals surface area contributed by atoms with Crippen molar-refractivity contribution in [1.29, 1.82) is 0 Å². The van der Waals surface area contributed by atoms with E-state index in [-0.39, 0.29) is 5.56 Å². The van der Waals surface area contributed by atoms with Gasteiger partial charge in [-0.05, 0) is 19.1 Å². The normalized spacial score (nSPS) is 10.3. The van der Waals surface area contributed by atoms with Crippen molar-refractivity contribution in [2.45, 2.75) is 13.3 Å². The van der Waals surface area contributed by atoms with Gasteiger partial charge in [-0.3, -0.25) is 0 Å². The third kappa shape index (κ3) is 3.27. The molecular weight excluding hydrogens is 250 g/mol. The lowest BCUT2D eigenvalue weighted by molar-refractivity contribution is 0.0696. The van der Waals surface area contributed by atoms with Crippen LogP contribution in [0.5, 0.6) is 0 Å². The minimum absolute atomic E-state index is 0.191. The van der Waals surface area contributed by atoms with Crippen LogP contribution in [0.4, 0.5) is 5.82 Å². The molecule has 2 rings (SSSR count). The molecule has 5 nitrogen and oxygen atoms in total. The van der Waals surface area contributed by atoms with Crippen molar-refractivity contribution in [2.24, 2.45) is 0 Å². The molecule has 0 spiro atoms. The molecule has 18 heavy (non-hydrogen) atoms. The number of rotatable bonds is 5. The molecule has 0 aromatic carbocycles. The number of nitrogens with one attached hydrogen (secondary N) is 1. The summed E-state index contributed by atoms with van der Waals surface area (Å²) in [4.78, 5) is 19.0. The molecule has 2 aromatic rings. The average molecular weight is 263 g/mol. The first-order valence-electron chi connectivity index (χ1n) is 5.49. The molecule has 0 bridgehead atoms. The van der Waals surface area contributed by atoms with Crippen LogP contribution < -0.4 is 5.32 Å². The third-order valence-electron chi connectivity index (χ3n) is 2.32. The summed E-state index contributed by atoms with van der Waals surface area (Å²) in [6, 6.07) is 3.20. The van der Waals surface area contributed by atoms with Crippen LogP contribution in [0.2, 0.25) is 0 Å². The minimum Gasteiger partial charge on any atom is -0.478 e. The Balaban J connectivity index is 1.85. The minimum atomic E-state index is -0.965. The topological polar surface area (TPSA) is 75.1 Å². The second-order valence-corrected chi connectivity index (χ2v) is 4.74. The van der Waals surface area contributed by atoms with Crippen molar-refractivity contribution in [3.05, 3.63) is 40.0 Å². The third-order valence-corrected chi connectivity index (χ3v) is 3.35. The fourth-order valence-electron chi connectivity index (χ4n) is 1.44. The molecule has 0 saturated carbocycles. The van der Waals surface area contributed by atoms with Crippen LogP contribution >= 0.6 is 11.3 Å². The molecule has 6 heteroatoms. The van der Waals surface area contributed by atoms with Crippen LogP contribution in [0.3, 0.4) is 0 Å². The molecule has 0 radical (unpaired) electrons. The molecule has 0 amide bonds. The fraction of sp³-hybridized carbons (Fsp3) is 0.250. The molecule has 2 heterocycles. The van der Waals surface area contributed by atoms with Gasteiger partial charge in [0, 0.05) is 30.2 Å². The Kier molecular flexibility index (Phi) is 3.88. The van der Waals surface area contributed by atoms with E-state index in [9.17, 15) is 4.79 Å². The van der Waals surface area contributed by atoms with Gasteiger partial charge in [-0.15, -0.1) is 11.3 Å². The van der Waals surface area contributed by atoms with Gasteiger partial charge < -0.3 is 10.4 Å². The molecule has 94 valence electrons. The van der Waals surface area contributed by atoms with E-state index in [1.165, 1.54) is 12.3 Å². The summed E-state index contributed by atoms with van der Waals surface area (Å²) >= 11 is 1.64. The summed E-state index contributed by atoms with van der Waals surface area (Å²) in [5, 5.41) is 15.0. The van der Waals surface area contributed by atoms with E-state index in [2.05, 4.69) is 15.3 Å². The molecular formula is C12H13N3O2S. The summed E-state index contributed by atoms with van der Waals surface area (Å²) in [6.45, 7) is 2.70. The molecule has 0 saturated heterocycles. The summed E-state index contributed by atoms with van der Waals surface area (Å²) in [6.07, 6.45) is 2.18. The van der Waals surface area contributed by atoms with Gasteiger partial charge in [0.25, 0.3) is 0 Å². The number of aryl methyl sites for hydroxylation is 1. The van der Waals surface area contributed by atoms with Gasteiger partial charge in [0.1, 0.15) is 5.82 Å². The lowest BCUT2D eigenvalue weighted by atomic mass is 10.3. The fourth-order valence-corrected chi connectivity index (χ4v) is 2.22. The molecule has 0 aliphatic rings. The predicted molar refractivity (Wildman–Crippen MR) is 70.2 cm³/mol. The number of hydrogen-bond acceptors (Lipinski definition) is 5. The van der Waals surface area contributed by atoms with Gasteiger partial charge in [-0.1, -0.05) is 0 Å². The largest absolute Gasteiger partial charge is 0.478 e. The quantitative estimate of drug-likeness (QED) is 0.865. The van der Waals surface area contributed by atoms with Crippen LogP contribution in [-0.4, -0.2) is 27.6 Å². The highest BCUT2D eigenvalue weighted by Crippen LogP contribution is 2.10. The van der Waals surface area contributed by atoms with E-state index in [4.69, 9.17) is 5.11 Å². The standard InChI is InChI=1S/C12H13N3O2S/c1-8-7-18-11(15-8)4-5-13-10-3-2-9(6-14-10)12(16)17/h2-3,6-7H,4-5H2,1H3,(H,13,14)(H,16,17). The van der Waals surface area contributed by atoms with Crippen LogP contribution in [-0.2, 0) is 6.42 Å². The number of carboxylic acids is 1. The Morgan fingerprint density at radius 3 is 2.89 bits per heavy atom. The molecule has 0 unspecified atom stereocenters. The van der Waals surface area contributed by atoms with E-state index in [0.717, 1.165) is 23.7 Å². The van der Waals surface area contributed by atoms with E-state index in [1.54, 1.807) is 17.4 Å². The summed E-state index contributed by atoms with van der Waals surface area (Å²) in [5.74, 6) is -0.291. The summed E-state index contributed by atoms with van der Waals surface area (Å²) in [7, 11) is 0. The summed E-state index contributed by atoms with van der Waals surface area (Å²) in [5.41, 5.74) is 1.23. The van der Waals surface area contributed by atoms with E-state index < -0.39 is 5.97 Å². The monoisotopic (exact) mass is 263 g/mol. The smallest absolute Gasteiger partial charge is 0.337 e. The van der Waals surface area contributed by atoms with Crippen molar-refractivity contribution in [1.82, 2.24) is 9.97 Å². The number of aromatic nitrogens is 2. The lowest BCUT2D eigenvalue weighted by Crippen LogP contribution is -2.07. The first-order valence-corrected chi connectivity index (χ1v) is 6.37. The molecule has 2 N–H and O–H groups in total. The maximum Gasteiger partial charge on any atom is 0.337 e. The van der Waals surface area contributed by atoms with Gasteiger partial charge in [0.05, 0.1) is 10.6 Å². The predicted octanol–water partition coefficient (Wildman–Crippen LogP) is 2.20. The Labute approximate surface area is 109 Å². The first kappa shape index (κ1) is 12.5. The highest BCUT2D eigenvalue weighted by Gasteiger charge is 2.03. The molecule has 0 aliphatic heterocycles. The Morgan fingerprint density at radius 2 is 2.33 bits per heavy atom. The lowest BCUT2D eigenvalue weighted by Gasteiger charge is -2.04. The van der Waals surface area contributed by atoms with Gasteiger partial charge in [-0.2, -0.15) is 0 Å². The van der Waals surface area contributed by atoms with Crippen molar-refractivity contribution in [3.8, 4) is 0 Å². The molecule has 0 aliphatic carbocycles. The van der Waals surface area contributed by atoms with E-state index in [0.29, 0.717) is 5.82 Å². The number of carbonyl (C=O) groups is 1. The SMILES string of the molecule is Cc1csc(CCNc2ccc(C(=O)O)cn2)n1. The Morgan fingerprint density at radius 1 is 1.50 bits per heavy atom. The maximum atomic E-state index is 10.6. The van der Waals surface area contributed by atoms with E-state index in [1.807, 2.05) is 12.3 Å². The highest BCUT2D eigenvalue weighted by molar-refractivity contribution is 7.09. The molecule has 0 fully saturated rings. The van der Waals surface area contributed by atoms with Crippen molar-refractivity contribution in [2.75, 3.05) is 11.9 Å². The number of anilines is 1. The molecule has 0 atom stereocenters. The number of aromatic carboxylic acids is 1. The van der Waals surface area contributed by atoms with Gasteiger partial charge in [-0.25, -0.2) is 14.8 Å². The van der Waals surface area contributed by atoms with Crippen molar-refractivity contribution < 1.29 is 9.90 Å². The number of pyridine rings is 1. The number of nitrogens with zero attached hydrogens (tertiary/aromatic N) is 2. The highest BCUT2D eigenvalue weighted by atomic mass is 32.1. The molecule has 2 aromatic heterocycles. The second kappa shape index (κ2) is 5.59. The second-order valence-electron chi connectivity index (χ2n) is 3.80. The zero-order valence-electron chi connectivity index (χ0n) is 9.88.